The van der Waals surface area contributed by atoms with Crippen LogP contribution in [0.4, 0.5) is 5.82 Å². The van der Waals surface area contributed by atoms with Crippen LogP contribution >= 0.6 is 34.4 Å². The smallest absolute Gasteiger partial charge is 0.161 e. The first-order valence-corrected chi connectivity index (χ1v) is 6.93. The number of hydrogen-bond acceptors (Lipinski definition) is 4. The predicted molar refractivity (Wildman–Crippen MR) is 76.4 cm³/mol. The second kappa shape index (κ2) is 5.01. The predicted octanol–water partition coefficient (Wildman–Crippen LogP) is 3.05. The van der Waals surface area contributed by atoms with E-state index in [1.165, 1.54) is 4.90 Å². The van der Waals surface area contributed by atoms with Crippen LogP contribution in [0.15, 0.2) is 35.4 Å². The molecule has 2 N–H and O–H groups in total. The number of aromatic nitrogens is 2. The van der Waals surface area contributed by atoms with Gasteiger partial charge in [0.25, 0.3) is 0 Å². The molecule has 0 unspecified atom stereocenters. The Morgan fingerprint density at radius 1 is 1.25 bits per heavy atom. The van der Waals surface area contributed by atoms with E-state index >= 15 is 0 Å². The van der Waals surface area contributed by atoms with Gasteiger partial charge in [-0.3, -0.25) is 0 Å². The van der Waals surface area contributed by atoms with Crippen molar-refractivity contribution >= 4 is 40.2 Å². The van der Waals surface area contributed by atoms with Gasteiger partial charge in [-0.2, -0.15) is 0 Å². The van der Waals surface area contributed by atoms with E-state index in [1.807, 2.05) is 18.4 Å². The molecule has 2 aromatic rings. The second-order valence-electron chi connectivity index (χ2n) is 3.16. The molecule has 1 aromatic carbocycles. The Balaban J connectivity index is 2.38. The van der Waals surface area contributed by atoms with Crippen molar-refractivity contribution in [3.05, 3.63) is 34.0 Å². The summed E-state index contributed by atoms with van der Waals surface area (Å²) in [6, 6.07) is 8.12. The zero-order valence-electron chi connectivity index (χ0n) is 8.64. The van der Waals surface area contributed by atoms with Crippen LogP contribution in [-0.4, -0.2) is 16.2 Å². The maximum absolute atomic E-state index is 5.75. The molecule has 0 radical (unpaired) electrons. The van der Waals surface area contributed by atoms with Crippen LogP contribution in [0, 0.1) is 3.57 Å². The highest BCUT2D eigenvalue weighted by molar-refractivity contribution is 14.1. The minimum absolute atomic E-state index is 0.527. The molecule has 0 bridgehead atoms. The number of nitrogens with zero attached hydrogens (tertiary/aromatic N) is 2. The molecule has 2 rings (SSSR count). The highest BCUT2D eigenvalue weighted by atomic mass is 127. The van der Waals surface area contributed by atoms with Gasteiger partial charge in [0.1, 0.15) is 5.82 Å². The molecule has 1 aromatic heterocycles. The molecule has 0 spiro atoms. The van der Waals surface area contributed by atoms with Gasteiger partial charge in [-0.15, -0.1) is 11.8 Å². The van der Waals surface area contributed by atoms with Crippen molar-refractivity contribution in [3.63, 3.8) is 0 Å². The number of halogens is 1. The van der Waals surface area contributed by atoms with Crippen LogP contribution in [-0.2, 0) is 0 Å². The van der Waals surface area contributed by atoms with Crippen LogP contribution in [0.5, 0.6) is 0 Å². The average molecular weight is 343 g/mol. The molecule has 16 heavy (non-hydrogen) atoms. The number of nitrogen functional groups attached to an aromatic ring is 1. The van der Waals surface area contributed by atoms with Crippen molar-refractivity contribution in [2.45, 2.75) is 4.90 Å². The first kappa shape index (κ1) is 11.7. The van der Waals surface area contributed by atoms with Gasteiger partial charge >= 0.3 is 0 Å². The number of nitrogens with two attached hydrogens (primary N) is 1. The fourth-order valence-electron chi connectivity index (χ4n) is 1.26. The van der Waals surface area contributed by atoms with Crippen LogP contribution < -0.4 is 5.73 Å². The summed E-state index contributed by atoms with van der Waals surface area (Å²) in [5.74, 6) is 1.20. The maximum atomic E-state index is 5.75. The normalized spacial score (nSPS) is 10.4. The van der Waals surface area contributed by atoms with E-state index in [0.29, 0.717) is 11.6 Å². The maximum Gasteiger partial charge on any atom is 0.161 e. The fraction of sp³-hybridized carbons (Fsp3) is 0.0909. The van der Waals surface area contributed by atoms with E-state index in [0.717, 1.165) is 9.13 Å². The first-order valence-electron chi connectivity index (χ1n) is 4.63. The van der Waals surface area contributed by atoms with Crippen LogP contribution in [0.2, 0.25) is 0 Å². The molecular weight excluding hydrogens is 333 g/mol. The highest BCUT2D eigenvalue weighted by Gasteiger charge is 2.04. The summed E-state index contributed by atoms with van der Waals surface area (Å²) in [4.78, 5) is 9.73. The topological polar surface area (TPSA) is 51.8 Å². The van der Waals surface area contributed by atoms with E-state index in [2.05, 4.69) is 44.7 Å². The molecule has 0 aliphatic carbocycles. The summed E-state index contributed by atoms with van der Waals surface area (Å²) in [5.41, 5.74) is 6.74. The Labute approximate surface area is 112 Å². The monoisotopic (exact) mass is 343 g/mol. The van der Waals surface area contributed by atoms with Gasteiger partial charge in [0.2, 0.25) is 0 Å². The van der Waals surface area contributed by atoms with Gasteiger partial charge in [0, 0.05) is 16.7 Å². The molecule has 0 saturated carbocycles. The number of thioether (sulfide) groups is 1. The van der Waals surface area contributed by atoms with Crippen molar-refractivity contribution in [2.24, 2.45) is 0 Å². The first-order chi connectivity index (χ1) is 7.70. The van der Waals surface area contributed by atoms with Gasteiger partial charge < -0.3 is 5.73 Å². The van der Waals surface area contributed by atoms with Crippen molar-refractivity contribution < 1.29 is 0 Å². The van der Waals surface area contributed by atoms with Crippen LogP contribution in [0.3, 0.4) is 0 Å². The largest absolute Gasteiger partial charge is 0.383 e. The Morgan fingerprint density at radius 3 is 2.50 bits per heavy atom. The molecule has 0 saturated heterocycles. The van der Waals surface area contributed by atoms with Crippen molar-refractivity contribution in [2.75, 3.05) is 12.0 Å². The summed E-state index contributed by atoms with van der Waals surface area (Å²) >= 11 is 3.83. The van der Waals surface area contributed by atoms with Crippen molar-refractivity contribution in [1.29, 1.82) is 0 Å². The zero-order valence-corrected chi connectivity index (χ0v) is 11.6. The molecule has 0 amide bonds. The van der Waals surface area contributed by atoms with Crippen LogP contribution in [0.1, 0.15) is 0 Å². The molecule has 5 heteroatoms. The number of rotatable bonds is 2. The lowest BCUT2D eigenvalue weighted by Crippen LogP contribution is -1.98. The Morgan fingerprint density at radius 2 is 1.94 bits per heavy atom. The summed E-state index contributed by atoms with van der Waals surface area (Å²) in [6.45, 7) is 0. The Kier molecular flexibility index (Phi) is 3.65. The van der Waals surface area contributed by atoms with Gasteiger partial charge in [-0.05, 0) is 41.0 Å². The zero-order chi connectivity index (χ0) is 11.5. The van der Waals surface area contributed by atoms with Gasteiger partial charge in [-0.25, -0.2) is 9.97 Å². The highest BCUT2D eigenvalue weighted by Crippen LogP contribution is 2.21. The lowest BCUT2D eigenvalue weighted by Gasteiger charge is -2.03. The molecular formula is C11H10IN3S. The SMILES string of the molecule is CSc1ccc(-c2ncc(I)c(N)n2)cc1. The second-order valence-corrected chi connectivity index (χ2v) is 5.20. The van der Waals surface area contributed by atoms with Crippen LogP contribution in [0.25, 0.3) is 11.4 Å². The summed E-state index contributed by atoms with van der Waals surface area (Å²) in [6.07, 6.45) is 3.79. The number of hydrogen-bond donors (Lipinski definition) is 1. The molecule has 82 valence electrons. The third kappa shape index (κ3) is 2.46. The van der Waals surface area contributed by atoms with E-state index < -0.39 is 0 Å². The number of benzene rings is 1. The van der Waals surface area contributed by atoms with Crippen molar-refractivity contribution in [3.8, 4) is 11.4 Å². The number of anilines is 1. The van der Waals surface area contributed by atoms with Gasteiger partial charge in [0.05, 0.1) is 3.57 Å². The molecule has 0 aliphatic heterocycles. The molecule has 3 nitrogen and oxygen atoms in total. The molecule has 1 heterocycles. The van der Waals surface area contributed by atoms with E-state index in [-0.39, 0.29) is 0 Å². The third-order valence-corrected chi connectivity index (χ3v) is 3.69. The summed E-state index contributed by atoms with van der Waals surface area (Å²) < 4.78 is 0.877. The summed E-state index contributed by atoms with van der Waals surface area (Å²) in [5, 5.41) is 0. The van der Waals surface area contributed by atoms with E-state index in [1.54, 1.807) is 18.0 Å². The lowest BCUT2D eigenvalue weighted by molar-refractivity contribution is 1.17. The lowest BCUT2D eigenvalue weighted by atomic mass is 10.2. The Bertz CT molecular complexity index is 499. The minimum Gasteiger partial charge on any atom is -0.383 e. The van der Waals surface area contributed by atoms with E-state index in [9.17, 15) is 0 Å². The van der Waals surface area contributed by atoms with E-state index in [4.69, 9.17) is 5.73 Å². The molecule has 0 atom stereocenters. The standard InChI is InChI=1S/C11H10IN3S/c1-16-8-4-2-7(3-5-8)11-14-6-9(12)10(13)15-11/h2-6H,1H3,(H2,13,14,15). The quantitative estimate of drug-likeness (QED) is 0.673. The molecule has 0 aliphatic rings. The molecule has 0 fully saturated rings. The van der Waals surface area contributed by atoms with Crippen molar-refractivity contribution in [1.82, 2.24) is 9.97 Å². The van der Waals surface area contributed by atoms with Gasteiger partial charge in [-0.1, -0.05) is 12.1 Å². The summed E-state index contributed by atoms with van der Waals surface area (Å²) in [7, 11) is 0. The van der Waals surface area contributed by atoms with Gasteiger partial charge in [0.15, 0.2) is 5.82 Å². The minimum atomic E-state index is 0.527. The third-order valence-electron chi connectivity index (χ3n) is 2.12. The fourth-order valence-corrected chi connectivity index (χ4v) is 1.93. The average Bonchev–Trinajstić information content (AvgIpc) is 2.33. The Hall–Kier alpha value is -0.820.